The molecule has 1 aromatic carbocycles. The molecule has 33 heavy (non-hydrogen) atoms. The van der Waals surface area contributed by atoms with Crippen LogP contribution >= 0.6 is 23.2 Å². The summed E-state index contributed by atoms with van der Waals surface area (Å²) in [7, 11) is 1.67. The summed E-state index contributed by atoms with van der Waals surface area (Å²) in [5.74, 6) is -0.251. The molecule has 0 radical (unpaired) electrons. The number of nitrogens with one attached hydrogen (secondary N) is 1. The number of halogens is 2. The topological polar surface area (TPSA) is 121 Å². The summed E-state index contributed by atoms with van der Waals surface area (Å²) in [5, 5.41) is 23.3. The first-order chi connectivity index (χ1) is 15.7. The molecule has 172 valence electrons. The molecule has 11 heteroatoms. The molecule has 1 saturated heterocycles. The maximum Gasteiger partial charge on any atom is 0.356 e. The van der Waals surface area contributed by atoms with Crippen molar-refractivity contribution in [2.24, 2.45) is 18.9 Å². The number of carboxylic acids is 1. The summed E-state index contributed by atoms with van der Waals surface area (Å²) in [5.41, 5.74) is 0.973. The average Bonchev–Trinajstić information content (AvgIpc) is 3.17. The number of aliphatic hydroxyl groups is 1. The normalized spacial score (nSPS) is 22.3. The molecule has 2 aromatic heterocycles. The first kappa shape index (κ1) is 21.9. The van der Waals surface area contributed by atoms with E-state index in [0.717, 1.165) is 0 Å². The van der Waals surface area contributed by atoms with Gasteiger partial charge in [-0.05, 0) is 31.2 Å². The van der Waals surface area contributed by atoms with Gasteiger partial charge in [0.2, 0.25) is 5.95 Å². The zero-order valence-corrected chi connectivity index (χ0v) is 19.3. The number of anilines is 2. The first-order valence-corrected chi connectivity index (χ1v) is 11.2. The third-order valence-corrected chi connectivity index (χ3v) is 6.91. The number of aliphatic hydroxyl groups excluding tert-OH is 1. The highest BCUT2D eigenvalue weighted by Crippen LogP contribution is 2.46. The van der Waals surface area contributed by atoms with Crippen LogP contribution in [-0.2, 0) is 7.05 Å². The minimum Gasteiger partial charge on any atom is -0.476 e. The molecule has 5 rings (SSSR count). The number of pyridine rings is 1. The van der Waals surface area contributed by atoms with Crippen molar-refractivity contribution in [1.29, 1.82) is 0 Å². The van der Waals surface area contributed by atoms with Crippen molar-refractivity contribution >= 4 is 51.7 Å². The average molecular weight is 490 g/mol. The number of hydrogen-bond donors (Lipinski definition) is 3. The second-order valence-corrected chi connectivity index (χ2v) is 9.42. The molecule has 1 aliphatic heterocycles. The van der Waals surface area contributed by atoms with Gasteiger partial charge in [0.25, 0.3) is 5.56 Å². The van der Waals surface area contributed by atoms with Gasteiger partial charge in [0.15, 0.2) is 5.69 Å². The van der Waals surface area contributed by atoms with Gasteiger partial charge >= 0.3 is 5.97 Å². The van der Waals surface area contributed by atoms with Gasteiger partial charge in [-0.15, -0.1) is 0 Å². The lowest BCUT2D eigenvalue weighted by Crippen LogP contribution is -2.33. The van der Waals surface area contributed by atoms with E-state index in [0.29, 0.717) is 40.5 Å². The quantitative estimate of drug-likeness (QED) is 0.467. The molecule has 2 aliphatic rings. The van der Waals surface area contributed by atoms with Gasteiger partial charge in [0, 0.05) is 42.6 Å². The number of carbonyl (C=O) groups is 1. The molecule has 1 aliphatic carbocycles. The van der Waals surface area contributed by atoms with Gasteiger partial charge in [-0.2, -0.15) is 0 Å². The van der Waals surface area contributed by atoms with Gasteiger partial charge in [-0.25, -0.2) is 14.8 Å². The Morgan fingerprint density at radius 1 is 1.21 bits per heavy atom. The molecule has 0 amide bonds. The van der Waals surface area contributed by atoms with Crippen LogP contribution in [0.5, 0.6) is 0 Å². The summed E-state index contributed by atoms with van der Waals surface area (Å²) in [6, 6.07) is 5.89. The van der Waals surface area contributed by atoms with E-state index < -0.39 is 12.0 Å². The molecule has 3 N–H and O–H groups in total. The molecule has 3 aromatic rings. The fraction of sp³-hybridized carbons (Fsp3) is 0.364. The Labute approximate surface area is 198 Å². The van der Waals surface area contributed by atoms with E-state index in [2.05, 4.69) is 10.3 Å². The number of carboxylic acid groups (broad SMARTS) is 1. The highest BCUT2D eigenvalue weighted by Gasteiger charge is 2.55. The van der Waals surface area contributed by atoms with E-state index in [1.54, 1.807) is 25.2 Å². The lowest BCUT2D eigenvalue weighted by molar-refractivity contribution is 0.0691. The van der Waals surface area contributed by atoms with Gasteiger partial charge in [-0.3, -0.25) is 9.36 Å². The van der Waals surface area contributed by atoms with Crippen molar-refractivity contribution < 1.29 is 15.0 Å². The Bertz CT molecular complexity index is 1350. The van der Waals surface area contributed by atoms with Crippen molar-refractivity contribution in [3.63, 3.8) is 0 Å². The number of fused-ring (bicyclic) bond motifs is 2. The standard InChI is InChI=1S/C22H21Cl2N5O4/c1-9(25-15-3-4-16(24)26-18(15)21(32)33)11-5-10(23)6-12-17(11)27-22(28(2)20(12)31)29-7-13-14(8-29)19(13)30/h3-6,9,13-14,19,25,30H,7-8H2,1-2H3,(H,32,33)/t9-,13+,14+/m1/s1. The number of aromatic carboxylic acids is 1. The molecular formula is C22H21Cl2N5O4. The Morgan fingerprint density at radius 2 is 1.91 bits per heavy atom. The Hall–Kier alpha value is -2.88. The van der Waals surface area contributed by atoms with Crippen molar-refractivity contribution in [2.45, 2.75) is 19.1 Å². The Kier molecular flexibility index (Phi) is 5.23. The number of rotatable bonds is 5. The van der Waals surface area contributed by atoms with Crippen LogP contribution in [-0.4, -0.2) is 49.9 Å². The van der Waals surface area contributed by atoms with Crippen molar-refractivity contribution in [3.05, 3.63) is 56.1 Å². The molecule has 0 spiro atoms. The van der Waals surface area contributed by atoms with Gasteiger partial charge in [-0.1, -0.05) is 23.2 Å². The number of aromatic nitrogens is 3. The lowest BCUT2D eigenvalue weighted by atomic mass is 10.0. The third kappa shape index (κ3) is 3.70. The van der Waals surface area contributed by atoms with Crippen molar-refractivity contribution in [1.82, 2.24) is 14.5 Å². The monoisotopic (exact) mass is 489 g/mol. The summed E-state index contributed by atoms with van der Waals surface area (Å²) in [4.78, 5) is 35.6. The summed E-state index contributed by atoms with van der Waals surface area (Å²) < 4.78 is 1.50. The summed E-state index contributed by atoms with van der Waals surface area (Å²) >= 11 is 12.2. The number of nitrogens with zero attached hydrogens (tertiary/aromatic N) is 4. The minimum absolute atomic E-state index is 0.0717. The molecule has 3 atom stereocenters. The zero-order chi connectivity index (χ0) is 23.6. The third-order valence-electron chi connectivity index (χ3n) is 6.49. The number of piperidine rings is 1. The van der Waals surface area contributed by atoms with E-state index in [-0.39, 0.29) is 40.0 Å². The second kappa shape index (κ2) is 7.86. The van der Waals surface area contributed by atoms with E-state index in [4.69, 9.17) is 28.2 Å². The molecule has 1 saturated carbocycles. The molecule has 2 fully saturated rings. The summed E-state index contributed by atoms with van der Waals surface area (Å²) in [6.45, 7) is 3.12. The molecule has 0 bridgehead atoms. The molecular weight excluding hydrogens is 469 g/mol. The predicted octanol–water partition coefficient (Wildman–Crippen LogP) is 2.93. The predicted molar refractivity (Wildman–Crippen MR) is 125 cm³/mol. The van der Waals surface area contributed by atoms with Crippen LogP contribution in [0, 0.1) is 11.8 Å². The highest BCUT2D eigenvalue weighted by molar-refractivity contribution is 6.31. The van der Waals surface area contributed by atoms with Crippen LogP contribution < -0.4 is 15.8 Å². The summed E-state index contributed by atoms with van der Waals surface area (Å²) in [6.07, 6.45) is -0.270. The van der Waals surface area contributed by atoms with Gasteiger partial charge in [0.1, 0.15) is 5.15 Å². The van der Waals surface area contributed by atoms with Gasteiger partial charge < -0.3 is 20.4 Å². The largest absolute Gasteiger partial charge is 0.476 e. The van der Waals surface area contributed by atoms with E-state index in [1.165, 1.54) is 10.6 Å². The fourth-order valence-electron chi connectivity index (χ4n) is 4.65. The zero-order valence-electron chi connectivity index (χ0n) is 17.8. The van der Waals surface area contributed by atoms with Crippen LogP contribution in [0.2, 0.25) is 10.2 Å². The highest BCUT2D eigenvalue weighted by atomic mass is 35.5. The Balaban J connectivity index is 1.58. The smallest absolute Gasteiger partial charge is 0.356 e. The number of hydrogen-bond acceptors (Lipinski definition) is 7. The van der Waals surface area contributed by atoms with E-state index in [9.17, 15) is 19.8 Å². The molecule has 3 heterocycles. The molecule has 9 nitrogen and oxygen atoms in total. The van der Waals surface area contributed by atoms with Crippen molar-refractivity contribution in [2.75, 3.05) is 23.3 Å². The minimum atomic E-state index is -1.22. The lowest BCUT2D eigenvalue weighted by Gasteiger charge is -2.24. The van der Waals surface area contributed by atoms with Crippen LogP contribution in [0.4, 0.5) is 11.6 Å². The van der Waals surface area contributed by atoms with Gasteiger partial charge in [0.05, 0.1) is 28.7 Å². The van der Waals surface area contributed by atoms with Crippen LogP contribution in [0.1, 0.15) is 29.0 Å². The van der Waals surface area contributed by atoms with Crippen LogP contribution in [0.25, 0.3) is 10.9 Å². The molecule has 0 unspecified atom stereocenters. The van der Waals surface area contributed by atoms with Crippen LogP contribution in [0.15, 0.2) is 29.1 Å². The second-order valence-electron chi connectivity index (χ2n) is 8.59. The first-order valence-electron chi connectivity index (χ1n) is 10.4. The SMILES string of the molecule is C[C@@H](Nc1ccc(Cl)nc1C(=O)O)c1cc(Cl)cc2c(=O)n(C)c(N3C[C@@H]4C(O)[C@H]4C3)nc12. The van der Waals surface area contributed by atoms with Crippen LogP contribution in [0.3, 0.4) is 0 Å². The van der Waals surface area contributed by atoms with E-state index >= 15 is 0 Å². The number of benzene rings is 1. The maximum absolute atomic E-state index is 13.2. The Morgan fingerprint density at radius 3 is 2.58 bits per heavy atom. The fourth-order valence-corrected chi connectivity index (χ4v) is 5.03. The maximum atomic E-state index is 13.2. The van der Waals surface area contributed by atoms with Crippen molar-refractivity contribution in [3.8, 4) is 0 Å². The van der Waals surface area contributed by atoms with E-state index in [1.807, 2.05) is 11.8 Å².